The second-order valence-corrected chi connectivity index (χ2v) is 8.78. The van der Waals surface area contributed by atoms with Gasteiger partial charge in [-0.3, -0.25) is 0 Å². The van der Waals surface area contributed by atoms with Crippen molar-refractivity contribution < 1.29 is 12.8 Å². The second-order valence-electron chi connectivity index (χ2n) is 6.80. The number of anilines is 1. The Labute approximate surface area is 168 Å². The van der Waals surface area contributed by atoms with Crippen LogP contribution in [0.2, 0.25) is 5.02 Å². The molecule has 146 valence electrons. The highest BCUT2D eigenvalue weighted by Gasteiger charge is 2.34. The Morgan fingerprint density at radius 2 is 1.64 bits per heavy atom. The molecule has 2 aliphatic heterocycles. The molecule has 0 aromatic heterocycles. The molecule has 0 N–H and O–H groups in total. The lowest BCUT2D eigenvalue weighted by atomic mass is 10.1. The maximum atomic E-state index is 13.1. The van der Waals surface area contributed by atoms with Crippen molar-refractivity contribution in [2.45, 2.75) is 6.92 Å². The molecule has 2 heterocycles. The van der Waals surface area contributed by atoms with E-state index >= 15 is 0 Å². The van der Waals surface area contributed by atoms with Crippen LogP contribution in [0.3, 0.4) is 0 Å². The number of benzene rings is 2. The summed E-state index contributed by atoms with van der Waals surface area (Å²) < 4.78 is 42.6. The van der Waals surface area contributed by atoms with Gasteiger partial charge in [0, 0.05) is 42.5 Å². The van der Waals surface area contributed by atoms with Gasteiger partial charge in [0.15, 0.2) is 0 Å². The Kier molecular flexibility index (Phi) is 4.89. The molecule has 8 heteroatoms. The number of rotatable bonds is 2. The summed E-state index contributed by atoms with van der Waals surface area (Å²) in [5.41, 5.74) is 2.14. The van der Waals surface area contributed by atoms with Gasteiger partial charge in [0.2, 0.25) is 0 Å². The fraction of sp³-hybridized carbons (Fsp3) is 0.250. The molecule has 0 aliphatic carbocycles. The number of amidine groups is 1. The summed E-state index contributed by atoms with van der Waals surface area (Å²) in [4.78, 5) is 4.35. The minimum atomic E-state index is -3.76. The van der Waals surface area contributed by atoms with Crippen LogP contribution in [-0.2, 0) is 10.0 Å². The van der Waals surface area contributed by atoms with E-state index in [2.05, 4.69) is 9.30 Å². The molecule has 2 aromatic carbocycles. The summed E-state index contributed by atoms with van der Waals surface area (Å²) in [5, 5.41) is 0.481. The number of halogens is 2. The lowest BCUT2D eigenvalue weighted by molar-refractivity contribution is 0.386. The largest absolute Gasteiger partial charge is 0.368 e. The van der Waals surface area contributed by atoms with Gasteiger partial charge in [0.25, 0.3) is 10.0 Å². The summed E-state index contributed by atoms with van der Waals surface area (Å²) in [6.45, 7) is 4.44. The number of hydrogen-bond donors (Lipinski definition) is 0. The maximum absolute atomic E-state index is 13.1. The van der Waals surface area contributed by atoms with E-state index in [9.17, 15) is 12.8 Å². The van der Waals surface area contributed by atoms with E-state index in [1.807, 2.05) is 4.90 Å². The first-order chi connectivity index (χ1) is 13.3. The average Bonchev–Trinajstić information content (AvgIpc) is 2.91. The number of sulfonamides is 1. The number of hydrogen-bond acceptors (Lipinski definition) is 4. The molecule has 0 radical (unpaired) electrons. The van der Waals surface area contributed by atoms with Gasteiger partial charge in [-0.2, -0.15) is 8.42 Å². The van der Waals surface area contributed by atoms with Crippen LogP contribution in [0.25, 0.3) is 4.91 Å². The van der Waals surface area contributed by atoms with E-state index in [1.165, 1.54) is 12.1 Å². The molecule has 0 unspecified atom stereocenters. The fourth-order valence-electron chi connectivity index (χ4n) is 3.64. The van der Waals surface area contributed by atoms with Crippen molar-refractivity contribution in [3.63, 3.8) is 0 Å². The molecule has 0 atom stereocenters. The first-order valence-electron chi connectivity index (χ1n) is 8.93. The minimum Gasteiger partial charge on any atom is -0.368 e. The van der Waals surface area contributed by atoms with Gasteiger partial charge >= 0.3 is 0 Å². The van der Waals surface area contributed by atoms with Crippen LogP contribution in [0, 0.1) is 5.82 Å². The van der Waals surface area contributed by atoms with Crippen molar-refractivity contribution in [2.24, 2.45) is 4.40 Å². The Hall–Kier alpha value is -2.38. The van der Waals surface area contributed by atoms with Crippen LogP contribution in [0.15, 0.2) is 58.5 Å². The third-order valence-electron chi connectivity index (χ3n) is 5.00. The average molecular weight is 420 g/mol. The molecule has 2 aromatic rings. The zero-order valence-electron chi connectivity index (χ0n) is 15.3. The molecule has 1 fully saturated rings. The van der Waals surface area contributed by atoms with Crippen LogP contribution in [0.4, 0.5) is 10.1 Å². The highest BCUT2D eigenvalue weighted by atomic mass is 35.5. The zero-order chi connectivity index (χ0) is 19.9. The third-order valence-corrected chi connectivity index (χ3v) is 6.70. The van der Waals surface area contributed by atoms with Crippen LogP contribution in [-0.4, -0.2) is 45.3 Å². The van der Waals surface area contributed by atoms with E-state index in [0.29, 0.717) is 48.2 Å². The molecule has 4 rings (SSSR count). The van der Waals surface area contributed by atoms with E-state index in [0.717, 1.165) is 5.69 Å². The molecule has 28 heavy (non-hydrogen) atoms. The highest BCUT2D eigenvalue weighted by molar-refractivity contribution is 8.00. The van der Waals surface area contributed by atoms with Gasteiger partial charge in [-0.1, -0.05) is 23.7 Å². The lowest BCUT2D eigenvalue weighted by Crippen LogP contribution is -2.48. The molecule has 0 bridgehead atoms. The smallest absolute Gasteiger partial charge is 0.285 e. The fourth-order valence-corrected chi connectivity index (χ4v) is 5.31. The molecule has 2 aliphatic rings. The van der Waals surface area contributed by atoms with Crippen molar-refractivity contribution in [3.05, 3.63) is 70.5 Å². The normalized spacial score (nSPS) is 19.2. The predicted molar refractivity (Wildman–Crippen MR) is 111 cm³/mol. The van der Waals surface area contributed by atoms with Crippen molar-refractivity contribution in [1.29, 1.82) is 0 Å². The first-order valence-corrected chi connectivity index (χ1v) is 10.7. The van der Waals surface area contributed by atoms with Crippen molar-refractivity contribution >= 4 is 38.1 Å². The minimum absolute atomic E-state index is 0.214. The number of piperazine rings is 1. The van der Waals surface area contributed by atoms with Crippen molar-refractivity contribution in [2.75, 3.05) is 31.1 Å². The topological polar surface area (TPSA) is 53.0 Å². The highest BCUT2D eigenvalue weighted by Crippen LogP contribution is 2.34. The van der Waals surface area contributed by atoms with E-state index in [4.69, 9.17) is 11.6 Å². The zero-order valence-corrected chi connectivity index (χ0v) is 16.8. The molecular weight excluding hydrogens is 401 g/mol. The monoisotopic (exact) mass is 419 g/mol. The van der Waals surface area contributed by atoms with Gasteiger partial charge in [0.1, 0.15) is 16.6 Å². The second kappa shape index (κ2) is 7.22. The summed E-state index contributed by atoms with van der Waals surface area (Å²) in [7, 11) is -3.76. The Morgan fingerprint density at radius 1 is 1.00 bits per heavy atom. The van der Waals surface area contributed by atoms with E-state index in [-0.39, 0.29) is 10.7 Å². The van der Waals surface area contributed by atoms with Crippen LogP contribution < -0.4 is 4.90 Å². The van der Waals surface area contributed by atoms with Gasteiger partial charge in [-0.05, 0) is 48.9 Å². The van der Waals surface area contributed by atoms with Gasteiger partial charge in [0.05, 0.1) is 0 Å². The molecular formula is C20H19ClFN3O2S. The van der Waals surface area contributed by atoms with Gasteiger partial charge in [-0.15, -0.1) is 4.40 Å². The molecule has 5 nitrogen and oxygen atoms in total. The van der Waals surface area contributed by atoms with Gasteiger partial charge in [-0.25, -0.2) is 4.39 Å². The van der Waals surface area contributed by atoms with Gasteiger partial charge < -0.3 is 9.80 Å². The molecule has 0 spiro atoms. The standard InChI is InChI=1S/C20H19ClFN3O2S/c1-14-19(15-3-2-4-16(21)13-15)28(26,27)23-20(14)25-11-9-24(10-12-25)18-7-5-17(22)6-8-18/h2-8,13H,9-12H2,1H3. The Morgan fingerprint density at radius 3 is 2.29 bits per heavy atom. The predicted octanol–water partition coefficient (Wildman–Crippen LogP) is 3.77. The Balaban J connectivity index is 1.56. The summed E-state index contributed by atoms with van der Waals surface area (Å²) in [6, 6.07) is 13.2. The summed E-state index contributed by atoms with van der Waals surface area (Å²) in [6.07, 6.45) is 0. The van der Waals surface area contributed by atoms with E-state index < -0.39 is 10.0 Å². The van der Waals surface area contributed by atoms with E-state index in [1.54, 1.807) is 43.3 Å². The third kappa shape index (κ3) is 3.52. The first kappa shape index (κ1) is 19.0. The lowest BCUT2D eigenvalue weighted by Gasteiger charge is -2.37. The quantitative estimate of drug-likeness (QED) is 0.743. The summed E-state index contributed by atoms with van der Waals surface area (Å²) >= 11 is 6.04. The SMILES string of the molecule is CC1=C(c2cccc(Cl)c2)S(=O)(=O)N=C1N1CCN(c2ccc(F)cc2)CC1. The van der Waals surface area contributed by atoms with Crippen molar-refractivity contribution in [3.8, 4) is 0 Å². The molecule has 0 amide bonds. The van der Waals surface area contributed by atoms with Crippen LogP contribution >= 0.6 is 11.6 Å². The maximum Gasteiger partial charge on any atom is 0.285 e. The Bertz CT molecular complexity index is 1070. The van der Waals surface area contributed by atoms with Crippen LogP contribution in [0.1, 0.15) is 12.5 Å². The molecule has 1 saturated heterocycles. The molecule has 0 saturated carbocycles. The number of nitrogens with zero attached hydrogens (tertiary/aromatic N) is 3. The summed E-state index contributed by atoms with van der Waals surface area (Å²) in [5.74, 6) is 0.232. The van der Waals surface area contributed by atoms with Crippen LogP contribution in [0.5, 0.6) is 0 Å². The van der Waals surface area contributed by atoms with Crippen molar-refractivity contribution in [1.82, 2.24) is 4.90 Å².